The first-order valence-electron chi connectivity index (χ1n) is 14.2. The lowest BCUT2D eigenvalue weighted by molar-refractivity contribution is 0.0285. The van der Waals surface area contributed by atoms with Crippen LogP contribution < -0.4 is 5.32 Å². The van der Waals surface area contributed by atoms with E-state index < -0.39 is 23.4 Å². The van der Waals surface area contributed by atoms with Gasteiger partial charge in [0.15, 0.2) is 11.5 Å². The molecular weight excluding hydrogens is 566 g/mol. The van der Waals surface area contributed by atoms with E-state index in [0.717, 1.165) is 11.1 Å². The highest BCUT2D eigenvalue weighted by Gasteiger charge is 2.24. The number of benzene rings is 1. The number of carbonyl (C=O) groups is 2. The molecule has 2 heterocycles. The molecule has 14 heteroatoms. The fourth-order valence-corrected chi connectivity index (χ4v) is 4.28. The molecule has 0 saturated heterocycles. The van der Waals surface area contributed by atoms with Gasteiger partial charge < -0.3 is 18.8 Å². The van der Waals surface area contributed by atoms with Crippen LogP contribution in [0, 0.1) is 0 Å². The minimum Gasteiger partial charge on any atom is -0.444 e. The van der Waals surface area contributed by atoms with Gasteiger partial charge in [0.25, 0.3) is 5.89 Å². The summed E-state index contributed by atoms with van der Waals surface area (Å²) in [5, 5.41) is 14.8. The summed E-state index contributed by atoms with van der Waals surface area (Å²) >= 11 is 0. The lowest BCUT2D eigenvalue weighted by Gasteiger charge is -2.24. The Morgan fingerprint density at radius 2 is 1.77 bits per heavy atom. The van der Waals surface area contributed by atoms with Gasteiger partial charge in [-0.3, -0.25) is 5.32 Å². The third kappa shape index (κ3) is 8.77. The summed E-state index contributed by atoms with van der Waals surface area (Å²) in [4.78, 5) is 38.5. The van der Waals surface area contributed by atoms with Crippen molar-refractivity contribution in [3.63, 3.8) is 0 Å². The first-order valence-corrected chi connectivity index (χ1v) is 14.2. The fraction of sp³-hybridized carbons (Fsp3) is 0.467. The molecule has 2 aromatic heterocycles. The van der Waals surface area contributed by atoms with Crippen molar-refractivity contribution in [1.29, 1.82) is 0 Å². The summed E-state index contributed by atoms with van der Waals surface area (Å²) in [5.41, 5.74) is 10.7. The summed E-state index contributed by atoms with van der Waals surface area (Å²) in [7, 11) is 1.67. The van der Waals surface area contributed by atoms with Crippen molar-refractivity contribution in [3.8, 4) is 23.0 Å². The van der Waals surface area contributed by atoms with E-state index in [0.29, 0.717) is 37.1 Å². The quantitative estimate of drug-likeness (QED) is 0.166. The molecule has 232 valence electrons. The van der Waals surface area contributed by atoms with Crippen LogP contribution in [0.4, 0.5) is 15.4 Å². The molecule has 1 aliphatic rings. The van der Waals surface area contributed by atoms with E-state index in [9.17, 15) is 9.59 Å². The molecule has 14 nitrogen and oxygen atoms in total. The highest BCUT2D eigenvalue weighted by atomic mass is 16.6. The Kier molecular flexibility index (Phi) is 9.53. The van der Waals surface area contributed by atoms with Crippen molar-refractivity contribution in [2.75, 3.05) is 12.4 Å². The van der Waals surface area contributed by atoms with E-state index in [1.165, 1.54) is 4.90 Å². The minimum absolute atomic E-state index is 0.0533. The number of rotatable bonds is 7. The SMILES string of the molecule is CN(Cc1ccc(-c2nnc(-c3nc(C4=CCC(N=[N+]=[N-])CC4)cnc3NC(=O)OC(C)(C)C)o2)cc1)C(=O)OC(C)(C)C. The molecule has 1 aliphatic carbocycles. The Balaban J connectivity index is 1.58. The molecule has 0 bridgehead atoms. The molecule has 44 heavy (non-hydrogen) atoms. The average molecular weight is 604 g/mol. The standard InChI is InChI=1S/C30H37N9O5/c1-29(2,3)43-27(40)34-24-23(33-22(16-32-24)19-12-14-21(15-13-19)35-38-31)26-37-36-25(42-26)20-10-8-18(9-11-20)17-39(7)28(41)44-30(4,5)6/h8-12,16,21H,13-15,17H2,1-7H3,(H,32,34,40). The summed E-state index contributed by atoms with van der Waals surface area (Å²) in [6.07, 6.45) is 4.31. The van der Waals surface area contributed by atoms with Crippen LogP contribution in [0.25, 0.3) is 39.1 Å². The first kappa shape index (κ1) is 32.0. The lowest BCUT2D eigenvalue weighted by Crippen LogP contribution is -2.33. The molecule has 2 amide bonds. The van der Waals surface area contributed by atoms with Crippen molar-refractivity contribution in [2.24, 2.45) is 5.11 Å². The van der Waals surface area contributed by atoms with E-state index in [1.54, 1.807) is 34.0 Å². The lowest BCUT2D eigenvalue weighted by atomic mass is 9.94. The third-order valence-electron chi connectivity index (χ3n) is 6.27. The minimum atomic E-state index is -0.724. The number of aromatic nitrogens is 4. The van der Waals surface area contributed by atoms with E-state index in [4.69, 9.17) is 24.4 Å². The van der Waals surface area contributed by atoms with E-state index in [-0.39, 0.29) is 29.3 Å². The van der Waals surface area contributed by atoms with Gasteiger partial charge in [-0.25, -0.2) is 19.6 Å². The normalized spacial score (nSPS) is 15.1. The maximum absolute atomic E-state index is 12.6. The van der Waals surface area contributed by atoms with E-state index in [1.807, 2.05) is 51.1 Å². The number of amides is 2. The van der Waals surface area contributed by atoms with Crippen LogP contribution in [-0.2, 0) is 16.0 Å². The van der Waals surface area contributed by atoms with Crippen molar-refractivity contribution >= 4 is 23.6 Å². The molecule has 0 fully saturated rings. The van der Waals surface area contributed by atoms with Gasteiger partial charge in [0.1, 0.15) is 11.2 Å². The Labute approximate surface area is 255 Å². The number of carbonyl (C=O) groups excluding carboxylic acids is 2. The second kappa shape index (κ2) is 13.1. The summed E-state index contributed by atoms with van der Waals surface area (Å²) in [6.45, 7) is 11.1. The molecule has 0 aliphatic heterocycles. The number of hydrogen-bond donors (Lipinski definition) is 1. The Morgan fingerprint density at radius 1 is 1.09 bits per heavy atom. The molecule has 1 atom stereocenters. The second-order valence-corrected chi connectivity index (χ2v) is 12.4. The van der Waals surface area contributed by atoms with Crippen LogP contribution in [0.1, 0.15) is 72.1 Å². The van der Waals surface area contributed by atoms with Crippen LogP contribution >= 0.6 is 0 Å². The predicted octanol–water partition coefficient (Wildman–Crippen LogP) is 7.15. The zero-order chi connectivity index (χ0) is 32.1. The first-order chi connectivity index (χ1) is 20.7. The molecule has 4 rings (SSSR count). The number of anilines is 1. The molecule has 1 N–H and O–H groups in total. The zero-order valence-electron chi connectivity index (χ0n) is 26.0. The highest BCUT2D eigenvalue weighted by molar-refractivity contribution is 5.88. The van der Waals surface area contributed by atoms with Gasteiger partial charge in [-0.15, -0.1) is 10.2 Å². The molecule has 1 unspecified atom stereocenters. The van der Waals surface area contributed by atoms with Crippen molar-refractivity contribution < 1.29 is 23.5 Å². The largest absolute Gasteiger partial charge is 0.444 e. The molecule has 1 aromatic carbocycles. The van der Waals surface area contributed by atoms with Crippen LogP contribution in [0.3, 0.4) is 0 Å². The van der Waals surface area contributed by atoms with Crippen molar-refractivity contribution in [2.45, 2.75) is 84.6 Å². The second-order valence-electron chi connectivity index (χ2n) is 12.4. The van der Waals surface area contributed by atoms with Crippen LogP contribution in [0.15, 0.2) is 46.1 Å². The zero-order valence-corrected chi connectivity index (χ0v) is 26.0. The van der Waals surface area contributed by atoms with Gasteiger partial charge in [0.05, 0.1) is 11.9 Å². The van der Waals surface area contributed by atoms with Gasteiger partial charge in [0.2, 0.25) is 5.89 Å². The maximum atomic E-state index is 12.6. The van der Waals surface area contributed by atoms with Gasteiger partial charge >= 0.3 is 12.2 Å². The Hall–Kier alpha value is -4.97. The molecule has 3 aromatic rings. The van der Waals surface area contributed by atoms with Gasteiger partial charge in [-0.2, -0.15) is 0 Å². The monoisotopic (exact) mass is 603 g/mol. The number of allylic oxidation sites excluding steroid dienone is 1. The molecular formula is C30H37N9O5. The van der Waals surface area contributed by atoms with Crippen LogP contribution in [-0.4, -0.2) is 61.5 Å². The molecule has 0 spiro atoms. The number of nitrogens with one attached hydrogen (secondary N) is 1. The topological polar surface area (TPSA) is 181 Å². The van der Waals surface area contributed by atoms with Gasteiger partial charge in [0, 0.05) is 30.1 Å². The average Bonchev–Trinajstić information content (AvgIpc) is 3.42. The highest BCUT2D eigenvalue weighted by Crippen LogP contribution is 2.32. The summed E-state index contributed by atoms with van der Waals surface area (Å²) in [6, 6.07) is 7.23. The third-order valence-corrected chi connectivity index (χ3v) is 6.27. The van der Waals surface area contributed by atoms with Gasteiger partial charge in [-0.1, -0.05) is 23.3 Å². The van der Waals surface area contributed by atoms with E-state index in [2.05, 4.69) is 30.5 Å². The predicted molar refractivity (Wildman–Crippen MR) is 163 cm³/mol. The van der Waals surface area contributed by atoms with Gasteiger partial charge in [-0.05, 0) is 89.6 Å². The maximum Gasteiger partial charge on any atom is 0.413 e. The van der Waals surface area contributed by atoms with Crippen LogP contribution in [0.2, 0.25) is 0 Å². The smallest absolute Gasteiger partial charge is 0.413 e. The number of azide groups is 1. The van der Waals surface area contributed by atoms with E-state index >= 15 is 0 Å². The summed E-state index contributed by atoms with van der Waals surface area (Å²) in [5.74, 6) is 0.385. The van der Waals surface area contributed by atoms with Crippen LogP contribution in [0.5, 0.6) is 0 Å². The molecule has 0 saturated carbocycles. The number of ether oxygens (including phenoxy) is 2. The number of nitrogens with zero attached hydrogens (tertiary/aromatic N) is 8. The molecule has 0 radical (unpaired) electrons. The summed E-state index contributed by atoms with van der Waals surface area (Å²) < 4.78 is 16.8. The fourth-order valence-electron chi connectivity index (χ4n) is 4.28. The number of hydrogen-bond acceptors (Lipinski definition) is 10. The Morgan fingerprint density at radius 3 is 2.39 bits per heavy atom. The Bertz CT molecular complexity index is 1580. The van der Waals surface area contributed by atoms with Crippen molar-refractivity contribution in [3.05, 3.63) is 58.2 Å². The van der Waals surface area contributed by atoms with Crippen molar-refractivity contribution in [1.82, 2.24) is 25.1 Å².